The summed E-state index contributed by atoms with van der Waals surface area (Å²) in [7, 11) is 2.16. The number of likely N-dealkylation sites (N-methyl/N-ethyl adjacent to an activating group) is 1. The number of hydrogen-bond donors (Lipinski definition) is 1. The Labute approximate surface area is 112 Å². The molecule has 4 nitrogen and oxygen atoms in total. The molecular weight excluding hydrogens is 244 g/mol. The van der Waals surface area contributed by atoms with E-state index in [1.807, 2.05) is 0 Å². The first-order chi connectivity index (χ1) is 8.65. The number of nitrogens with zero attached hydrogens (tertiary/aromatic N) is 3. The van der Waals surface area contributed by atoms with Crippen LogP contribution in [0.1, 0.15) is 5.56 Å². The van der Waals surface area contributed by atoms with E-state index in [0.29, 0.717) is 0 Å². The fourth-order valence-electron chi connectivity index (χ4n) is 2.48. The van der Waals surface area contributed by atoms with Crippen LogP contribution in [-0.2, 0) is 0 Å². The summed E-state index contributed by atoms with van der Waals surface area (Å²) in [6, 6.07) is 6.41. The van der Waals surface area contributed by atoms with Gasteiger partial charge in [-0.2, -0.15) is 0 Å². The minimum absolute atomic E-state index is 0.792. The molecule has 3 rings (SSSR count). The second-order valence-corrected chi connectivity index (χ2v) is 5.41. The van der Waals surface area contributed by atoms with Crippen molar-refractivity contribution in [3.8, 4) is 0 Å². The van der Waals surface area contributed by atoms with Crippen LogP contribution >= 0.6 is 12.2 Å². The molecule has 2 heterocycles. The number of benzene rings is 1. The van der Waals surface area contributed by atoms with Gasteiger partial charge < -0.3 is 14.9 Å². The van der Waals surface area contributed by atoms with Crippen molar-refractivity contribution in [3.63, 3.8) is 0 Å². The van der Waals surface area contributed by atoms with Crippen LogP contribution < -0.4 is 5.01 Å². The lowest BCUT2D eigenvalue weighted by Crippen LogP contribution is -2.49. The van der Waals surface area contributed by atoms with Crippen molar-refractivity contribution in [1.29, 1.82) is 0 Å². The van der Waals surface area contributed by atoms with Gasteiger partial charge in [0.05, 0.1) is 11.0 Å². The zero-order valence-corrected chi connectivity index (χ0v) is 11.6. The summed E-state index contributed by atoms with van der Waals surface area (Å²) in [4.78, 5) is 5.63. The van der Waals surface area contributed by atoms with E-state index in [-0.39, 0.29) is 0 Å². The van der Waals surface area contributed by atoms with Crippen LogP contribution in [0.2, 0.25) is 0 Å². The molecular formula is C13H18N4S. The average molecular weight is 262 g/mol. The van der Waals surface area contributed by atoms with E-state index in [9.17, 15) is 0 Å². The number of imidazole rings is 1. The highest BCUT2D eigenvalue weighted by atomic mass is 32.1. The number of piperazine rings is 1. The van der Waals surface area contributed by atoms with Crippen LogP contribution in [0.15, 0.2) is 18.2 Å². The smallest absolute Gasteiger partial charge is 0.197 e. The molecule has 1 aromatic heterocycles. The third-order valence-corrected chi connectivity index (χ3v) is 3.85. The molecule has 2 aromatic rings. The van der Waals surface area contributed by atoms with Gasteiger partial charge in [-0.15, -0.1) is 0 Å². The van der Waals surface area contributed by atoms with Crippen molar-refractivity contribution >= 4 is 23.3 Å². The van der Waals surface area contributed by atoms with Crippen molar-refractivity contribution in [2.75, 3.05) is 38.2 Å². The van der Waals surface area contributed by atoms with Gasteiger partial charge in [-0.1, -0.05) is 6.07 Å². The fourth-order valence-corrected chi connectivity index (χ4v) is 2.80. The molecule has 1 aliphatic heterocycles. The lowest BCUT2D eigenvalue weighted by atomic mass is 10.2. The predicted octanol–water partition coefficient (Wildman–Crippen LogP) is 1.89. The molecule has 0 spiro atoms. The Bertz CT molecular complexity index is 619. The molecule has 1 fully saturated rings. The Morgan fingerprint density at radius 3 is 2.61 bits per heavy atom. The molecule has 18 heavy (non-hydrogen) atoms. The third-order valence-electron chi connectivity index (χ3n) is 3.58. The highest BCUT2D eigenvalue weighted by Crippen LogP contribution is 2.17. The maximum Gasteiger partial charge on any atom is 0.197 e. The SMILES string of the molecule is Cc1ccc2[nH]c(=S)n(N3CCN(C)CC3)c2c1. The normalized spacial score (nSPS) is 17.6. The minimum Gasteiger partial charge on any atom is -0.329 e. The molecule has 0 atom stereocenters. The van der Waals surface area contributed by atoms with Gasteiger partial charge in [0, 0.05) is 26.2 Å². The van der Waals surface area contributed by atoms with Gasteiger partial charge in [0.1, 0.15) is 0 Å². The van der Waals surface area contributed by atoms with E-state index in [1.165, 1.54) is 11.1 Å². The molecule has 0 radical (unpaired) electrons. The number of aryl methyl sites for hydroxylation is 1. The van der Waals surface area contributed by atoms with Gasteiger partial charge in [-0.05, 0) is 43.9 Å². The topological polar surface area (TPSA) is 27.2 Å². The quantitative estimate of drug-likeness (QED) is 0.795. The zero-order chi connectivity index (χ0) is 12.7. The summed E-state index contributed by atoms with van der Waals surface area (Å²) in [5.41, 5.74) is 3.56. The maximum atomic E-state index is 5.46. The summed E-state index contributed by atoms with van der Waals surface area (Å²) < 4.78 is 2.95. The van der Waals surface area contributed by atoms with Gasteiger partial charge in [-0.3, -0.25) is 0 Å². The van der Waals surface area contributed by atoms with E-state index in [1.54, 1.807) is 0 Å². The lowest BCUT2D eigenvalue weighted by Gasteiger charge is -2.34. The number of nitrogens with one attached hydrogen (secondary N) is 1. The van der Waals surface area contributed by atoms with Crippen LogP contribution in [0.5, 0.6) is 0 Å². The van der Waals surface area contributed by atoms with Crippen LogP contribution in [0.3, 0.4) is 0 Å². The molecule has 5 heteroatoms. The molecule has 0 saturated carbocycles. The molecule has 1 aliphatic rings. The van der Waals surface area contributed by atoms with Gasteiger partial charge in [0.15, 0.2) is 4.77 Å². The average Bonchev–Trinajstić information content (AvgIpc) is 2.66. The summed E-state index contributed by atoms with van der Waals surface area (Å²) in [5, 5.41) is 2.33. The summed E-state index contributed by atoms with van der Waals surface area (Å²) in [6.07, 6.45) is 0. The fraction of sp³-hybridized carbons (Fsp3) is 0.462. The van der Waals surface area contributed by atoms with E-state index < -0.39 is 0 Å². The van der Waals surface area contributed by atoms with Crippen LogP contribution in [0.25, 0.3) is 11.0 Å². The van der Waals surface area contributed by atoms with E-state index in [4.69, 9.17) is 12.2 Å². The first-order valence-electron chi connectivity index (χ1n) is 6.30. The molecule has 0 unspecified atom stereocenters. The first-order valence-corrected chi connectivity index (χ1v) is 6.71. The molecule has 1 saturated heterocycles. The van der Waals surface area contributed by atoms with Crippen LogP contribution in [-0.4, -0.2) is 47.8 Å². The Morgan fingerprint density at radius 2 is 1.89 bits per heavy atom. The van der Waals surface area contributed by atoms with Gasteiger partial charge in [0.25, 0.3) is 0 Å². The summed E-state index contributed by atoms with van der Waals surface area (Å²) >= 11 is 5.46. The van der Waals surface area contributed by atoms with Crippen molar-refractivity contribution in [2.24, 2.45) is 0 Å². The molecule has 0 aliphatic carbocycles. The Hall–Kier alpha value is -1.33. The van der Waals surface area contributed by atoms with Crippen molar-refractivity contribution in [1.82, 2.24) is 14.6 Å². The van der Waals surface area contributed by atoms with Crippen molar-refractivity contribution < 1.29 is 0 Å². The second-order valence-electron chi connectivity index (χ2n) is 5.02. The van der Waals surface area contributed by atoms with Crippen molar-refractivity contribution in [2.45, 2.75) is 6.92 Å². The molecule has 0 amide bonds. The standard InChI is InChI=1S/C13H18N4S/c1-10-3-4-11-12(9-10)17(13(18)14-11)16-7-5-15(2)6-8-16/h3-4,9H,5-8H2,1-2H3,(H,14,18). The molecule has 1 aromatic carbocycles. The van der Waals surface area contributed by atoms with Gasteiger partial charge in [0.2, 0.25) is 0 Å². The van der Waals surface area contributed by atoms with Crippen LogP contribution in [0, 0.1) is 11.7 Å². The molecule has 0 bridgehead atoms. The number of H-pyrrole nitrogens is 1. The van der Waals surface area contributed by atoms with E-state index in [0.717, 1.165) is 36.5 Å². The number of rotatable bonds is 1. The molecule has 1 N–H and O–H groups in total. The maximum absolute atomic E-state index is 5.46. The monoisotopic (exact) mass is 262 g/mol. The summed E-state index contributed by atoms with van der Waals surface area (Å²) in [6.45, 7) is 6.32. The Balaban J connectivity index is 2.08. The van der Waals surface area contributed by atoms with Crippen LogP contribution in [0.4, 0.5) is 0 Å². The largest absolute Gasteiger partial charge is 0.329 e. The minimum atomic E-state index is 0.792. The summed E-state index contributed by atoms with van der Waals surface area (Å²) in [5.74, 6) is 0. The van der Waals surface area contributed by atoms with E-state index in [2.05, 4.69) is 51.7 Å². The number of fused-ring (bicyclic) bond motifs is 1. The number of hydrogen-bond acceptors (Lipinski definition) is 3. The number of aromatic amines is 1. The highest BCUT2D eigenvalue weighted by Gasteiger charge is 2.17. The van der Waals surface area contributed by atoms with Gasteiger partial charge in [-0.25, -0.2) is 4.68 Å². The third kappa shape index (κ3) is 1.93. The van der Waals surface area contributed by atoms with E-state index >= 15 is 0 Å². The lowest BCUT2D eigenvalue weighted by molar-refractivity contribution is 0.288. The number of aromatic nitrogens is 2. The highest BCUT2D eigenvalue weighted by molar-refractivity contribution is 7.71. The first kappa shape index (κ1) is 11.7. The Morgan fingerprint density at radius 1 is 1.17 bits per heavy atom. The van der Waals surface area contributed by atoms with Gasteiger partial charge >= 0.3 is 0 Å². The zero-order valence-electron chi connectivity index (χ0n) is 10.8. The van der Waals surface area contributed by atoms with Crippen molar-refractivity contribution in [3.05, 3.63) is 28.5 Å². The Kier molecular flexibility index (Phi) is 2.87. The predicted molar refractivity (Wildman–Crippen MR) is 77.3 cm³/mol. The second kappa shape index (κ2) is 4.40. The molecule has 96 valence electrons.